The number of carbonyl (C=O) groups is 1. The first-order valence-electron chi connectivity index (χ1n) is 4.24. The molecule has 1 N–H and O–H groups in total. The number of halogens is 1. The van der Waals surface area contributed by atoms with Crippen molar-refractivity contribution in [3.8, 4) is 0 Å². The van der Waals surface area contributed by atoms with Crippen LogP contribution >= 0.6 is 11.6 Å². The Kier molecular flexibility index (Phi) is 2.07. The van der Waals surface area contributed by atoms with Gasteiger partial charge in [0, 0.05) is 26.2 Å². The molecule has 1 amide bonds. The van der Waals surface area contributed by atoms with E-state index >= 15 is 0 Å². The molecular weight excluding hydrogens is 202 g/mol. The molecule has 0 saturated heterocycles. The summed E-state index contributed by atoms with van der Waals surface area (Å²) >= 11 is 5.95. The number of pyridine rings is 1. The number of fused-ring (bicyclic) bond motifs is 1. The smallest absolute Gasteiger partial charge is 0.252 e. The van der Waals surface area contributed by atoms with E-state index in [-0.39, 0.29) is 5.91 Å². The van der Waals surface area contributed by atoms with Gasteiger partial charge in [-0.1, -0.05) is 11.6 Å². The minimum absolute atomic E-state index is 0.0765. The van der Waals surface area contributed by atoms with Crippen molar-refractivity contribution in [3.05, 3.63) is 22.3 Å². The lowest BCUT2D eigenvalue weighted by atomic mass is 10.2. The Balaban J connectivity index is 2.58. The Bertz CT molecular complexity index is 403. The number of nitrogens with zero attached hydrogens (tertiary/aromatic N) is 2. The molecule has 0 radical (unpaired) electrons. The SMILES string of the molecule is CN(C)c1cc2c(c(Cl)n1)CNC2=O. The lowest BCUT2D eigenvalue weighted by Crippen LogP contribution is -2.14. The summed E-state index contributed by atoms with van der Waals surface area (Å²) in [5.74, 6) is 0.623. The molecule has 14 heavy (non-hydrogen) atoms. The Morgan fingerprint density at radius 3 is 2.93 bits per heavy atom. The summed E-state index contributed by atoms with van der Waals surface area (Å²) in [4.78, 5) is 17.4. The summed E-state index contributed by atoms with van der Waals surface area (Å²) in [6.45, 7) is 0.480. The molecule has 0 aromatic carbocycles. The monoisotopic (exact) mass is 211 g/mol. The molecule has 0 unspecified atom stereocenters. The first kappa shape index (κ1) is 9.27. The Hall–Kier alpha value is -1.29. The van der Waals surface area contributed by atoms with E-state index < -0.39 is 0 Å². The summed E-state index contributed by atoms with van der Waals surface area (Å²) in [5, 5.41) is 3.12. The van der Waals surface area contributed by atoms with Crippen molar-refractivity contribution in [2.24, 2.45) is 0 Å². The molecule has 74 valence electrons. The average Bonchev–Trinajstić information content (AvgIpc) is 2.48. The van der Waals surface area contributed by atoms with E-state index in [9.17, 15) is 4.79 Å². The first-order valence-corrected chi connectivity index (χ1v) is 4.62. The lowest BCUT2D eigenvalue weighted by molar-refractivity contribution is 0.0966. The number of hydrogen-bond donors (Lipinski definition) is 1. The van der Waals surface area contributed by atoms with Crippen molar-refractivity contribution in [2.75, 3.05) is 19.0 Å². The lowest BCUT2D eigenvalue weighted by Gasteiger charge is -2.12. The number of carbonyl (C=O) groups excluding carboxylic acids is 1. The average molecular weight is 212 g/mol. The molecule has 0 aliphatic carbocycles. The predicted molar refractivity (Wildman–Crippen MR) is 54.7 cm³/mol. The second kappa shape index (κ2) is 3.13. The van der Waals surface area contributed by atoms with Crippen molar-refractivity contribution in [1.29, 1.82) is 0 Å². The van der Waals surface area contributed by atoms with Gasteiger partial charge in [0.1, 0.15) is 11.0 Å². The number of hydrogen-bond acceptors (Lipinski definition) is 3. The minimum Gasteiger partial charge on any atom is -0.363 e. The van der Waals surface area contributed by atoms with Crippen LogP contribution in [-0.2, 0) is 6.54 Å². The maximum absolute atomic E-state index is 11.4. The van der Waals surface area contributed by atoms with Crippen LogP contribution in [-0.4, -0.2) is 25.0 Å². The van der Waals surface area contributed by atoms with Gasteiger partial charge in [0.2, 0.25) is 0 Å². The zero-order chi connectivity index (χ0) is 10.3. The molecule has 0 bridgehead atoms. The van der Waals surface area contributed by atoms with E-state index in [1.807, 2.05) is 19.0 Å². The van der Waals surface area contributed by atoms with Gasteiger partial charge in [0.25, 0.3) is 5.91 Å². The highest BCUT2D eigenvalue weighted by atomic mass is 35.5. The van der Waals surface area contributed by atoms with Crippen molar-refractivity contribution in [3.63, 3.8) is 0 Å². The van der Waals surface area contributed by atoms with Gasteiger partial charge < -0.3 is 10.2 Å². The van der Waals surface area contributed by atoms with Crippen LogP contribution in [0.1, 0.15) is 15.9 Å². The van der Waals surface area contributed by atoms with Crippen LogP contribution < -0.4 is 10.2 Å². The zero-order valence-corrected chi connectivity index (χ0v) is 8.72. The van der Waals surface area contributed by atoms with E-state index in [1.165, 1.54) is 0 Å². The highest BCUT2D eigenvalue weighted by Crippen LogP contribution is 2.26. The molecule has 4 nitrogen and oxygen atoms in total. The largest absolute Gasteiger partial charge is 0.363 e. The van der Waals surface area contributed by atoms with Crippen LogP contribution in [0.5, 0.6) is 0 Å². The van der Waals surface area contributed by atoms with Crippen molar-refractivity contribution >= 4 is 23.3 Å². The van der Waals surface area contributed by atoms with Gasteiger partial charge >= 0.3 is 0 Å². The molecule has 1 aliphatic heterocycles. The summed E-state index contributed by atoms with van der Waals surface area (Å²) in [6, 6.07) is 1.75. The van der Waals surface area contributed by atoms with Gasteiger partial charge in [-0.25, -0.2) is 4.98 Å². The van der Waals surface area contributed by atoms with Gasteiger partial charge in [-0.05, 0) is 6.07 Å². The molecule has 0 atom stereocenters. The van der Waals surface area contributed by atoms with Crippen molar-refractivity contribution < 1.29 is 4.79 Å². The molecule has 1 aromatic heterocycles. The summed E-state index contributed by atoms with van der Waals surface area (Å²) < 4.78 is 0. The Morgan fingerprint density at radius 1 is 1.57 bits per heavy atom. The summed E-state index contributed by atoms with van der Waals surface area (Å²) in [6.07, 6.45) is 0. The van der Waals surface area contributed by atoms with E-state index in [2.05, 4.69) is 10.3 Å². The van der Waals surface area contributed by atoms with Crippen LogP contribution in [0.25, 0.3) is 0 Å². The Labute approximate surface area is 86.9 Å². The van der Waals surface area contributed by atoms with Crippen LogP contribution in [0.15, 0.2) is 6.07 Å². The third kappa shape index (κ3) is 1.32. The summed E-state index contributed by atoms with van der Waals surface area (Å²) in [5.41, 5.74) is 1.43. The molecule has 0 fully saturated rings. The molecule has 0 saturated carbocycles. The quantitative estimate of drug-likeness (QED) is 0.707. The number of anilines is 1. The van der Waals surface area contributed by atoms with Gasteiger partial charge in [-0.2, -0.15) is 0 Å². The fourth-order valence-corrected chi connectivity index (χ4v) is 1.65. The molecule has 0 spiro atoms. The third-order valence-electron chi connectivity index (χ3n) is 2.19. The van der Waals surface area contributed by atoms with E-state index in [0.29, 0.717) is 23.1 Å². The summed E-state index contributed by atoms with van der Waals surface area (Å²) in [7, 11) is 3.72. The molecule has 2 rings (SSSR count). The third-order valence-corrected chi connectivity index (χ3v) is 2.50. The minimum atomic E-state index is -0.0765. The van der Waals surface area contributed by atoms with Gasteiger partial charge in [-0.3, -0.25) is 4.79 Å². The maximum Gasteiger partial charge on any atom is 0.252 e. The predicted octanol–water partition coefficient (Wildman–Crippen LogP) is 1.04. The topological polar surface area (TPSA) is 45.2 Å². The second-order valence-corrected chi connectivity index (χ2v) is 3.73. The molecule has 2 heterocycles. The Morgan fingerprint density at radius 2 is 2.29 bits per heavy atom. The number of amides is 1. The van der Waals surface area contributed by atoms with Crippen LogP contribution in [0, 0.1) is 0 Å². The molecular formula is C9H10ClN3O. The maximum atomic E-state index is 11.4. The standard InChI is InChI=1S/C9H10ClN3O/c1-13(2)7-3-5-6(8(10)12-7)4-11-9(5)14/h3H,4H2,1-2H3,(H,11,14). The molecule has 5 heteroatoms. The molecule has 1 aliphatic rings. The fourth-order valence-electron chi connectivity index (χ4n) is 1.39. The van der Waals surface area contributed by atoms with Gasteiger partial charge in [-0.15, -0.1) is 0 Å². The van der Waals surface area contributed by atoms with Crippen molar-refractivity contribution in [1.82, 2.24) is 10.3 Å². The molecule has 1 aromatic rings. The normalized spacial score (nSPS) is 13.8. The fraction of sp³-hybridized carbons (Fsp3) is 0.333. The number of aromatic nitrogens is 1. The van der Waals surface area contributed by atoms with Crippen LogP contribution in [0.3, 0.4) is 0 Å². The highest BCUT2D eigenvalue weighted by Gasteiger charge is 2.23. The van der Waals surface area contributed by atoms with Gasteiger partial charge in [0.05, 0.1) is 5.56 Å². The van der Waals surface area contributed by atoms with E-state index in [0.717, 1.165) is 5.56 Å². The zero-order valence-electron chi connectivity index (χ0n) is 7.97. The van der Waals surface area contributed by atoms with Crippen LogP contribution in [0.2, 0.25) is 5.15 Å². The van der Waals surface area contributed by atoms with E-state index in [4.69, 9.17) is 11.6 Å². The van der Waals surface area contributed by atoms with Gasteiger partial charge in [0.15, 0.2) is 0 Å². The second-order valence-electron chi connectivity index (χ2n) is 3.37. The van der Waals surface area contributed by atoms with Crippen LogP contribution in [0.4, 0.5) is 5.82 Å². The van der Waals surface area contributed by atoms with Crippen molar-refractivity contribution in [2.45, 2.75) is 6.54 Å². The highest BCUT2D eigenvalue weighted by molar-refractivity contribution is 6.31. The number of rotatable bonds is 1. The first-order chi connectivity index (χ1) is 6.59. The van der Waals surface area contributed by atoms with E-state index in [1.54, 1.807) is 6.07 Å². The number of nitrogens with one attached hydrogen (secondary N) is 1.